The summed E-state index contributed by atoms with van der Waals surface area (Å²) >= 11 is 0. The molecule has 0 saturated carbocycles. The van der Waals surface area contributed by atoms with Crippen LogP contribution in [0.5, 0.6) is 0 Å². The van der Waals surface area contributed by atoms with E-state index in [1.54, 1.807) is 0 Å². The van der Waals surface area contributed by atoms with Gasteiger partial charge in [-0.05, 0) is 88.8 Å². The van der Waals surface area contributed by atoms with Gasteiger partial charge in [-0.25, -0.2) is 9.67 Å². The molecule has 0 atom stereocenters. The molecule has 0 amide bonds. The fourth-order valence-electron chi connectivity index (χ4n) is 7.21. The van der Waals surface area contributed by atoms with Gasteiger partial charge in [0.05, 0.1) is 5.69 Å². The molecular formula is C51H38N4. The molecule has 4 nitrogen and oxygen atoms in total. The average molecular weight is 707 g/mol. The first kappa shape index (κ1) is 33.5. The maximum atomic E-state index is 5.00. The molecule has 0 spiro atoms. The predicted octanol–water partition coefficient (Wildman–Crippen LogP) is 13.4. The second kappa shape index (κ2) is 15.0. The maximum Gasteiger partial charge on any atom is 0.182 e. The predicted molar refractivity (Wildman–Crippen MR) is 228 cm³/mol. The summed E-state index contributed by atoms with van der Waals surface area (Å²) in [5, 5.41) is 5.00. The van der Waals surface area contributed by atoms with Crippen molar-refractivity contribution in [2.75, 3.05) is 4.90 Å². The zero-order chi connectivity index (χ0) is 37.0. The van der Waals surface area contributed by atoms with E-state index in [0.29, 0.717) is 5.82 Å². The van der Waals surface area contributed by atoms with Crippen molar-refractivity contribution in [2.24, 2.45) is 0 Å². The Morgan fingerprint density at radius 1 is 0.364 bits per heavy atom. The van der Waals surface area contributed by atoms with Crippen molar-refractivity contribution in [1.82, 2.24) is 14.8 Å². The zero-order valence-electron chi connectivity index (χ0n) is 30.5. The van der Waals surface area contributed by atoms with Crippen LogP contribution in [0.2, 0.25) is 0 Å². The summed E-state index contributed by atoms with van der Waals surface area (Å²) in [5.74, 6) is 1.50. The van der Waals surface area contributed by atoms with Crippen LogP contribution in [-0.4, -0.2) is 14.8 Å². The molecule has 0 fully saturated rings. The fourth-order valence-corrected chi connectivity index (χ4v) is 7.21. The van der Waals surface area contributed by atoms with Crippen LogP contribution < -0.4 is 4.90 Å². The molecule has 0 bridgehead atoms. The van der Waals surface area contributed by atoms with Crippen molar-refractivity contribution in [3.05, 3.63) is 218 Å². The molecular weight excluding hydrogens is 669 g/mol. The lowest BCUT2D eigenvalue weighted by molar-refractivity contribution is 0.891. The van der Waals surface area contributed by atoms with Crippen molar-refractivity contribution >= 4 is 17.1 Å². The van der Waals surface area contributed by atoms with Gasteiger partial charge in [0.1, 0.15) is 0 Å². The number of nitrogens with zero attached hydrogens (tertiary/aromatic N) is 4. The van der Waals surface area contributed by atoms with Crippen LogP contribution in [0, 0.1) is 6.92 Å². The highest BCUT2D eigenvalue weighted by molar-refractivity contribution is 5.92. The van der Waals surface area contributed by atoms with E-state index in [-0.39, 0.29) is 0 Å². The van der Waals surface area contributed by atoms with E-state index in [1.807, 2.05) is 53.2 Å². The molecule has 1 heterocycles. The third-order valence-corrected chi connectivity index (χ3v) is 9.98. The van der Waals surface area contributed by atoms with E-state index < -0.39 is 0 Å². The lowest BCUT2D eigenvalue weighted by Crippen LogP contribution is -2.09. The van der Waals surface area contributed by atoms with Crippen LogP contribution in [0.3, 0.4) is 0 Å². The number of anilines is 3. The van der Waals surface area contributed by atoms with Gasteiger partial charge in [-0.1, -0.05) is 169 Å². The first-order valence-corrected chi connectivity index (χ1v) is 18.6. The molecule has 55 heavy (non-hydrogen) atoms. The lowest BCUT2D eigenvalue weighted by Gasteiger charge is -2.26. The Balaban J connectivity index is 1.06. The van der Waals surface area contributed by atoms with Crippen LogP contribution in [0.4, 0.5) is 17.1 Å². The maximum absolute atomic E-state index is 5.00. The Morgan fingerprint density at radius 3 is 1.33 bits per heavy atom. The summed E-state index contributed by atoms with van der Waals surface area (Å²) in [6.45, 7) is 2.12. The van der Waals surface area contributed by atoms with Gasteiger partial charge in [0.25, 0.3) is 0 Å². The van der Waals surface area contributed by atoms with Gasteiger partial charge in [-0.15, -0.1) is 5.10 Å². The molecule has 262 valence electrons. The van der Waals surface area contributed by atoms with Gasteiger partial charge in [0.15, 0.2) is 11.6 Å². The Kier molecular flexibility index (Phi) is 9.13. The van der Waals surface area contributed by atoms with Crippen LogP contribution in [0.1, 0.15) is 5.56 Å². The van der Waals surface area contributed by atoms with E-state index >= 15 is 0 Å². The highest BCUT2D eigenvalue weighted by Gasteiger charge is 2.17. The number of aromatic nitrogens is 3. The van der Waals surface area contributed by atoms with Crippen molar-refractivity contribution in [3.8, 4) is 61.8 Å². The number of hydrogen-bond acceptors (Lipinski definition) is 3. The highest BCUT2D eigenvalue weighted by Crippen LogP contribution is 2.40. The molecule has 0 unspecified atom stereocenters. The molecule has 9 rings (SSSR count). The van der Waals surface area contributed by atoms with Crippen LogP contribution in [-0.2, 0) is 0 Å². The molecule has 0 aliphatic rings. The average Bonchev–Trinajstić information content (AvgIpc) is 3.72. The van der Waals surface area contributed by atoms with Gasteiger partial charge in [0.2, 0.25) is 0 Å². The molecule has 9 aromatic rings. The second-order valence-corrected chi connectivity index (χ2v) is 13.6. The van der Waals surface area contributed by atoms with Crippen molar-refractivity contribution in [2.45, 2.75) is 6.92 Å². The molecule has 4 heteroatoms. The Morgan fingerprint density at radius 2 is 0.782 bits per heavy atom. The Labute approximate surface area is 322 Å². The van der Waals surface area contributed by atoms with Crippen molar-refractivity contribution < 1.29 is 0 Å². The normalized spacial score (nSPS) is 11.0. The van der Waals surface area contributed by atoms with E-state index in [1.165, 1.54) is 27.8 Å². The molecule has 0 aliphatic heterocycles. The van der Waals surface area contributed by atoms with Gasteiger partial charge in [-0.2, -0.15) is 0 Å². The largest absolute Gasteiger partial charge is 0.311 e. The number of benzene rings is 8. The van der Waals surface area contributed by atoms with Gasteiger partial charge in [0, 0.05) is 28.2 Å². The molecule has 0 saturated heterocycles. The summed E-state index contributed by atoms with van der Waals surface area (Å²) in [6.07, 6.45) is 0. The first-order valence-electron chi connectivity index (χ1n) is 18.6. The van der Waals surface area contributed by atoms with Gasteiger partial charge in [-0.3, -0.25) is 0 Å². The van der Waals surface area contributed by atoms with Crippen LogP contribution in [0.15, 0.2) is 212 Å². The summed E-state index contributed by atoms with van der Waals surface area (Å²) in [6, 6.07) is 74.6. The first-order chi connectivity index (χ1) is 27.2. The van der Waals surface area contributed by atoms with E-state index in [2.05, 4.69) is 176 Å². The minimum absolute atomic E-state index is 0.696. The number of rotatable bonds is 9. The van der Waals surface area contributed by atoms with E-state index in [9.17, 15) is 0 Å². The van der Waals surface area contributed by atoms with Crippen LogP contribution >= 0.6 is 0 Å². The van der Waals surface area contributed by atoms with E-state index in [0.717, 1.165) is 50.8 Å². The molecule has 0 aliphatic carbocycles. The molecule has 1 aromatic heterocycles. The minimum atomic E-state index is 0.696. The third kappa shape index (κ3) is 6.85. The van der Waals surface area contributed by atoms with E-state index in [4.69, 9.17) is 10.1 Å². The third-order valence-electron chi connectivity index (χ3n) is 9.98. The number of para-hydroxylation sites is 1. The highest BCUT2D eigenvalue weighted by atomic mass is 15.4. The van der Waals surface area contributed by atoms with Gasteiger partial charge >= 0.3 is 0 Å². The van der Waals surface area contributed by atoms with Gasteiger partial charge < -0.3 is 4.90 Å². The Hall–Kier alpha value is -7.30. The molecule has 8 aromatic carbocycles. The smallest absolute Gasteiger partial charge is 0.182 e. The van der Waals surface area contributed by atoms with Crippen LogP contribution in [0.25, 0.3) is 61.8 Å². The SMILES string of the molecule is Cc1ccc(N(c2ccccc2)c2ccc(-c3ccccc3-c3ccccc3-c3ccc(-n4nc(-c5ccccc5)nc4-c4ccccc4)cc3)cc2)cc1. The number of hydrogen-bond donors (Lipinski definition) is 0. The molecule has 0 N–H and O–H groups in total. The number of aryl methyl sites for hydroxylation is 1. The topological polar surface area (TPSA) is 34.0 Å². The Bertz CT molecular complexity index is 2670. The monoisotopic (exact) mass is 706 g/mol. The standard InChI is InChI=1S/C51H38N4/c1-37-25-31-43(32-26-37)54(42-19-9-4-10-20-42)44-33-27-38(28-34-44)46-21-11-13-23-48(46)49-24-14-12-22-47(49)39-29-35-45(36-30-39)55-51(41-17-7-3-8-18-41)52-50(53-55)40-15-5-2-6-16-40/h2-36H,1H3. The summed E-state index contributed by atoms with van der Waals surface area (Å²) < 4.78 is 1.95. The summed E-state index contributed by atoms with van der Waals surface area (Å²) in [7, 11) is 0. The second-order valence-electron chi connectivity index (χ2n) is 13.6. The molecule has 0 radical (unpaired) electrons. The fraction of sp³-hybridized carbons (Fsp3) is 0.0196. The summed E-state index contributed by atoms with van der Waals surface area (Å²) in [4.78, 5) is 7.30. The zero-order valence-corrected chi connectivity index (χ0v) is 30.5. The lowest BCUT2D eigenvalue weighted by atomic mass is 9.89. The van der Waals surface area contributed by atoms with Crippen molar-refractivity contribution in [1.29, 1.82) is 0 Å². The minimum Gasteiger partial charge on any atom is -0.311 e. The quantitative estimate of drug-likeness (QED) is 0.150. The van der Waals surface area contributed by atoms with Crippen molar-refractivity contribution in [3.63, 3.8) is 0 Å². The summed E-state index contributed by atoms with van der Waals surface area (Å²) in [5.41, 5.74) is 14.5.